The van der Waals surface area contributed by atoms with Crippen LogP contribution in [0.2, 0.25) is 0 Å². The predicted molar refractivity (Wildman–Crippen MR) is 95.0 cm³/mol. The molecule has 0 spiro atoms. The van der Waals surface area contributed by atoms with Gasteiger partial charge in [-0.25, -0.2) is 8.78 Å². The molecule has 0 atom stereocenters. The lowest BCUT2D eigenvalue weighted by Gasteiger charge is -2.12. The maximum absolute atomic E-state index is 13.2. The zero-order valence-electron chi connectivity index (χ0n) is 14.5. The van der Waals surface area contributed by atoms with Crippen LogP contribution in [0.1, 0.15) is 0 Å². The van der Waals surface area contributed by atoms with E-state index in [1.165, 1.54) is 24.5 Å². The summed E-state index contributed by atoms with van der Waals surface area (Å²) in [6.45, 7) is -1.35. The molecule has 0 unspecified atom stereocenters. The quantitative estimate of drug-likeness (QED) is 0.475. The van der Waals surface area contributed by atoms with E-state index in [9.17, 15) is 26.7 Å². The minimum absolute atomic E-state index is 0.0279. The van der Waals surface area contributed by atoms with E-state index in [1.54, 1.807) is 0 Å². The minimum Gasteiger partial charge on any atom is -0.325 e. The molecule has 1 amide bonds. The van der Waals surface area contributed by atoms with E-state index < -0.39 is 30.3 Å². The maximum atomic E-state index is 13.2. The molecule has 0 fully saturated rings. The zero-order chi connectivity index (χ0) is 21.0. The van der Waals surface area contributed by atoms with Crippen LogP contribution in [0.5, 0.6) is 0 Å². The molecule has 3 rings (SSSR count). The number of halogens is 5. The molecule has 2 heterocycles. The lowest BCUT2D eigenvalue weighted by atomic mass is 10.2. The third-order valence-corrected chi connectivity index (χ3v) is 4.44. The van der Waals surface area contributed by atoms with Gasteiger partial charge in [0.2, 0.25) is 5.91 Å². The molecule has 0 aliphatic carbocycles. The largest absolute Gasteiger partial charge is 0.406 e. The van der Waals surface area contributed by atoms with Gasteiger partial charge in [0.25, 0.3) is 0 Å². The molecule has 1 aromatic carbocycles. The number of anilines is 1. The molecule has 0 aliphatic heterocycles. The second-order valence-electron chi connectivity index (χ2n) is 5.74. The lowest BCUT2D eigenvalue weighted by Crippen LogP contribution is -2.20. The van der Waals surface area contributed by atoms with Crippen molar-refractivity contribution in [2.75, 3.05) is 11.1 Å². The van der Waals surface area contributed by atoms with E-state index in [2.05, 4.69) is 20.5 Å². The number of benzene rings is 1. The van der Waals surface area contributed by atoms with Crippen molar-refractivity contribution < 1.29 is 26.7 Å². The van der Waals surface area contributed by atoms with Gasteiger partial charge in [-0.1, -0.05) is 11.8 Å². The van der Waals surface area contributed by atoms with Gasteiger partial charge in [0.15, 0.2) is 11.0 Å². The fourth-order valence-corrected chi connectivity index (χ4v) is 3.12. The number of thioether (sulfide) groups is 1. The Morgan fingerprint density at radius 1 is 1.07 bits per heavy atom. The Hall–Kier alpha value is -3.02. The fourth-order valence-electron chi connectivity index (χ4n) is 2.39. The van der Waals surface area contributed by atoms with E-state index >= 15 is 0 Å². The summed E-state index contributed by atoms with van der Waals surface area (Å²) < 4.78 is 66.2. The molecule has 0 saturated carbocycles. The Labute approximate surface area is 165 Å². The zero-order valence-corrected chi connectivity index (χ0v) is 15.3. The Morgan fingerprint density at radius 3 is 2.34 bits per heavy atom. The van der Waals surface area contributed by atoms with Gasteiger partial charge in [0, 0.05) is 29.7 Å². The van der Waals surface area contributed by atoms with E-state index in [1.807, 2.05) is 0 Å². The Bertz CT molecular complexity index is 989. The van der Waals surface area contributed by atoms with Gasteiger partial charge in [-0.05, 0) is 24.3 Å². The highest BCUT2D eigenvalue weighted by atomic mass is 32.2. The summed E-state index contributed by atoms with van der Waals surface area (Å²) in [7, 11) is 0. The van der Waals surface area contributed by atoms with Crippen LogP contribution in [0.25, 0.3) is 11.4 Å². The van der Waals surface area contributed by atoms with Crippen LogP contribution in [0.15, 0.2) is 47.9 Å². The second kappa shape index (κ2) is 8.55. The van der Waals surface area contributed by atoms with Crippen molar-refractivity contribution in [1.82, 2.24) is 19.7 Å². The summed E-state index contributed by atoms with van der Waals surface area (Å²) >= 11 is 0.713. The summed E-state index contributed by atoms with van der Waals surface area (Å²) in [4.78, 5) is 15.8. The number of rotatable bonds is 6. The number of pyridine rings is 1. The Balaban J connectivity index is 1.76. The summed E-state index contributed by atoms with van der Waals surface area (Å²) in [5.41, 5.74) is 0.269. The third kappa shape index (κ3) is 5.73. The van der Waals surface area contributed by atoms with Crippen molar-refractivity contribution in [1.29, 1.82) is 0 Å². The van der Waals surface area contributed by atoms with Crippen molar-refractivity contribution in [2.24, 2.45) is 0 Å². The van der Waals surface area contributed by atoms with E-state index in [-0.39, 0.29) is 22.4 Å². The number of nitrogens with zero attached hydrogens (tertiary/aromatic N) is 4. The third-order valence-electron chi connectivity index (χ3n) is 3.47. The molecular formula is C17H12F5N5OS. The molecule has 0 bridgehead atoms. The molecule has 29 heavy (non-hydrogen) atoms. The summed E-state index contributed by atoms with van der Waals surface area (Å²) in [6, 6.07) is 5.44. The van der Waals surface area contributed by atoms with Crippen molar-refractivity contribution in [3.05, 3.63) is 54.4 Å². The highest BCUT2D eigenvalue weighted by Gasteiger charge is 2.31. The average molecular weight is 429 g/mol. The summed E-state index contributed by atoms with van der Waals surface area (Å²) in [5, 5.41) is 9.67. The maximum Gasteiger partial charge on any atom is 0.406 e. The van der Waals surface area contributed by atoms with Crippen LogP contribution in [0.4, 0.5) is 27.6 Å². The van der Waals surface area contributed by atoms with Gasteiger partial charge < -0.3 is 5.32 Å². The van der Waals surface area contributed by atoms with Gasteiger partial charge in [-0.2, -0.15) is 13.2 Å². The van der Waals surface area contributed by atoms with E-state index in [0.717, 1.165) is 16.7 Å². The number of alkyl halides is 3. The molecule has 6 nitrogen and oxygen atoms in total. The SMILES string of the molecule is O=C(CSc1nnc(-c2ccncc2)n1CC(F)(F)F)Nc1cc(F)cc(F)c1. The molecule has 0 aliphatic rings. The van der Waals surface area contributed by atoms with Crippen LogP contribution in [-0.4, -0.2) is 37.6 Å². The van der Waals surface area contributed by atoms with Crippen LogP contribution < -0.4 is 5.32 Å². The number of carbonyl (C=O) groups excluding carboxylic acids is 1. The average Bonchev–Trinajstić information content (AvgIpc) is 3.00. The number of aromatic nitrogens is 4. The highest BCUT2D eigenvalue weighted by molar-refractivity contribution is 7.99. The predicted octanol–water partition coefficient (Wildman–Crippen LogP) is 3.91. The number of carbonyl (C=O) groups is 1. The minimum atomic E-state index is -4.54. The lowest BCUT2D eigenvalue weighted by molar-refractivity contribution is -0.141. The topological polar surface area (TPSA) is 72.7 Å². The first-order valence-corrected chi connectivity index (χ1v) is 8.99. The van der Waals surface area contributed by atoms with Crippen LogP contribution >= 0.6 is 11.8 Å². The van der Waals surface area contributed by atoms with Crippen molar-refractivity contribution in [2.45, 2.75) is 17.9 Å². The molecular weight excluding hydrogens is 417 g/mol. The Morgan fingerprint density at radius 2 is 1.72 bits per heavy atom. The van der Waals surface area contributed by atoms with Crippen molar-refractivity contribution in [3.8, 4) is 11.4 Å². The van der Waals surface area contributed by atoms with Crippen LogP contribution in [0, 0.1) is 11.6 Å². The van der Waals surface area contributed by atoms with E-state index in [0.29, 0.717) is 23.4 Å². The molecule has 152 valence electrons. The molecule has 0 saturated heterocycles. The van der Waals surface area contributed by atoms with Crippen LogP contribution in [0.3, 0.4) is 0 Å². The normalized spacial score (nSPS) is 11.5. The fraction of sp³-hybridized carbons (Fsp3) is 0.176. The summed E-state index contributed by atoms with van der Waals surface area (Å²) in [6.07, 6.45) is -1.73. The van der Waals surface area contributed by atoms with Gasteiger partial charge in [-0.15, -0.1) is 10.2 Å². The van der Waals surface area contributed by atoms with Crippen molar-refractivity contribution in [3.63, 3.8) is 0 Å². The monoisotopic (exact) mass is 429 g/mol. The first kappa shape index (κ1) is 20.7. The number of hydrogen-bond donors (Lipinski definition) is 1. The Kier molecular flexibility index (Phi) is 6.11. The number of nitrogens with one attached hydrogen (secondary N) is 1. The molecule has 1 N–H and O–H groups in total. The molecule has 3 aromatic rings. The molecule has 2 aromatic heterocycles. The van der Waals surface area contributed by atoms with Gasteiger partial charge in [0.05, 0.1) is 5.75 Å². The molecule has 12 heteroatoms. The van der Waals surface area contributed by atoms with E-state index in [4.69, 9.17) is 0 Å². The number of hydrogen-bond acceptors (Lipinski definition) is 5. The first-order chi connectivity index (χ1) is 13.7. The number of amides is 1. The van der Waals surface area contributed by atoms with Gasteiger partial charge >= 0.3 is 6.18 Å². The molecule has 0 radical (unpaired) electrons. The highest BCUT2D eigenvalue weighted by Crippen LogP contribution is 2.28. The standard InChI is InChI=1S/C17H12F5N5OS/c18-11-5-12(19)7-13(6-11)24-14(28)8-29-16-26-25-15(10-1-3-23-4-2-10)27(16)9-17(20,21)22/h1-7H,8-9H2,(H,24,28). The van der Waals surface area contributed by atoms with Gasteiger partial charge in [-0.3, -0.25) is 14.3 Å². The van der Waals surface area contributed by atoms with Crippen LogP contribution in [-0.2, 0) is 11.3 Å². The smallest absolute Gasteiger partial charge is 0.325 e. The summed E-state index contributed by atoms with van der Waals surface area (Å²) in [5.74, 6) is -2.80. The first-order valence-electron chi connectivity index (χ1n) is 8.00. The van der Waals surface area contributed by atoms with Crippen molar-refractivity contribution >= 4 is 23.4 Å². The van der Waals surface area contributed by atoms with Gasteiger partial charge in [0.1, 0.15) is 18.2 Å². The second-order valence-corrected chi connectivity index (χ2v) is 6.68.